The average molecular weight is 304 g/mol. The quantitative estimate of drug-likeness (QED) is 0.588. The van der Waals surface area contributed by atoms with Crippen molar-refractivity contribution < 1.29 is 17.6 Å². The molecule has 0 saturated heterocycles. The van der Waals surface area contributed by atoms with E-state index in [-0.39, 0.29) is 12.0 Å². The van der Waals surface area contributed by atoms with E-state index in [2.05, 4.69) is 4.98 Å². The second kappa shape index (κ2) is 5.79. The molecule has 1 aromatic carbocycles. The Bertz CT molecular complexity index is 583. The molecule has 1 unspecified atom stereocenters. The molecule has 2 aromatic rings. The Morgan fingerprint density at radius 2 is 1.75 bits per heavy atom. The number of alkyl halides is 4. The van der Waals surface area contributed by atoms with E-state index in [0.29, 0.717) is 6.07 Å². The van der Waals surface area contributed by atoms with E-state index in [1.807, 2.05) is 0 Å². The monoisotopic (exact) mass is 303 g/mol. The molecule has 0 N–H and O–H groups in total. The number of hydrogen-bond donors (Lipinski definition) is 0. The molecule has 106 valence electrons. The summed E-state index contributed by atoms with van der Waals surface area (Å²) >= 11 is 6.04. The average Bonchev–Trinajstić information content (AvgIpc) is 2.38. The van der Waals surface area contributed by atoms with Gasteiger partial charge in [0.1, 0.15) is 5.82 Å². The molecule has 6 heteroatoms. The summed E-state index contributed by atoms with van der Waals surface area (Å²) in [5, 5.41) is -0.875. The molecule has 0 amide bonds. The highest BCUT2D eigenvalue weighted by Crippen LogP contribution is 2.36. The van der Waals surface area contributed by atoms with Gasteiger partial charge in [-0.25, -0.2) is 4.39 Å². The topological polar surface area (TPSA) is 12.9 Å². The lowest BCUT2D eigenvalue weighted by molar-refractivity contribution is -0.140. The molecule has 0 bridgehead atoms. The molecule has 1 nitrogen and oxygen atoms in total. The predicted molar refractivity (Wildman–Crippen MR) is 67.9 cm³/mol. The Kier molecular flexibility index (Phi) is 4.28. The van der Waals surface area contributed by atoms with Crippen LogP contribution in [-0.4, -0.2) is 4.98 Å². The van der Waals surface area contributed by atoms with Gasteiger partial charge in [0.25, 0.3) is 0 Å². The van der Waals surface area contributed by atoms with Crippen molar-refractivity contribution in [2.45, 2.75) is 18.0 Å². The molecule has 1 atom stereocenters. The van der Waals surface area contributed by atoms with Crippen LogP contribution < -0.4 is 0 Å². The first-order valence-corrected chi connectivity index (χ1v) is 6.22. The fourth-order valence-corrected chi connectivity index (χ4v) is 2.19. The highest BCUT2D eigenvalue weighted by molar-refractivity contribution is 6.21. The van der Waals surface area contributed by atoms with Crippen LogP contribution >= 0.6 is 11.6 Å². The van der Waals surface area contributed by atoms with Crippen LogP contribution in [0.2, 0.25) is 0 Å². The number of nitrogens with zero attached hydrogens (tertiary/aromatic N) is 1. The van der Waals surface area contributed by atoms with Gasteiger partial charge >= 0.3 is 6.18 Å². The summed E-state index contributed by atoms with van der Waals surface area (Å²) in [6, 6.07) is 6.49. The Morgan fingerprint density at radius 1 is 1.10 bits per heavy atom. The lowest BCUT2D eigenvalue weighted by Gasteiger charge is -2.15. The molecule has 1 heterocycles. The van der Waals surface area contributed by atoms with E-state index in [1.165, 1.54) is 6.07 Å². The zero-order chi connectivity index (χ0) is 14.8. The normalized spacial score (nSPS) is 13.2. The minimum absolute atomic E-state index is 0.154. The summed E-state index contributed by atoms with van der Waals surface area (Å²) in [5.41, 5.74) is -0.675. The van der Waals surface area contributed by atoms with Crippen LogP contribution in [0.5, 0.6) is 0 Å². The first-order chi connectivity index (χ1) is 9.39. The van der Waals surface area contributed by atoms with Crippen LogP contribution in [0, 0.1) is 5.82 Å². The van der Waals surface area contributed by atoms with E-state index in [1.54, 1.807) is 24.5 Å². The Hall–Kier alpha value is -1.62. The van der Waals surface area contributed by atoms with Crippen molar-refractivity contribution >= 4 is 11.6 Å². The fraction of sp³-hybridized carbons (Fsp3) is 0.214. The molecule has 0 spiro atoms. The second-order valence-corrected chi connectivity index (χ2v) is 4.76. The second-order valence-electron chi connectivity index (χ2n) is 4.23. The van der Waals surface area contributed by atoms with Crippen molar-refractivity contribution in [3.8, 4) is 0 Å². The Balaban J connectivity index is 2.29. The van der Waals surface area contributed by atoms with E-state index in [4.69, 9.17) is 11.6 Å². The van der Waals surface area contributed by atoms with Crippen LogP contribution in [0.15, 0.2) is 42.7 Å². The molecular formula is C14H10ClF4N. The highest BCUT2D eigenvalue weighted by atomic mass is 35.5. The molecule has 0 aliphatic carbocycles. The third-order valence-electron chi connectivity index (χ3n) is 2.84. The molecular weight excluding hydrogens is 294 g/mol. The van der Waals surface area contributed by atoms with Gasteiger partial charge in [-0.05, 0) is 30.2 Å². The molecule has 0 aliphatic rings. The summed E-state index contributed by atoms with van der Waals surface area (Å²) in [6.45, 7) is 0. The highest BCUT2D eigenvalue weighted by Gasteiger charge is 2.35. The van der Waals surface area contributed by atoms with Gasteiger partial charge in [-0.3, -0.25) is 4.98 Å². The van der Waals surface area contributed by atoms with E-state index in [9.17, 15) is 17.6 Å². The number of benzene rings is 1. The number of hydrogen-bond acceptors (Lipinski definition) is 1. The van der Waals surface area contributed by atoms with E-state index in [0.717, 1.165) is 11.6 Å². The largest absolute Gasteiger partial charge is 0.419 e. The molecule has 2 rings (SSSR count). The standard InChI is InChI=1S/C14H10ClF4N/c15-12(8-9-4-6-20-7-5-9)10-2-1-3-11(13(10)16)14(17,18)19/h1-7,12H,8H2. The van der Waals surface area contributed by atoms with Crippen LogP contribution in [-0.2, 0) is 12.6 Å². The maximum atomic E-state index is 13.9. The molecule has 0 aliphatic heterocycles. The SMILES string of the molecule is Fc1c(C(Cl)Cc2ccncc2)cccc1C(F)(F)F. The van der Waals surface area contributed by atoms with Gasteiger partial charge in [0.2, 0.25) is 0 Å². The fourth-order valence-electron chi connectivity index (χ4n) is 1.85. The summed E-state index contributed by atoms with van der Waals surface area (Å²) < 4.78 is 51.8. The Morgan fingerprint density at radius 3 is 2.35 bits per heavy atom. The number of pyridine rings is 1. The van der Waals surface area contributed by atoms with Crippen LogP contribution in [0.3, 0.4) is 0 Å². The van der Waals surface area contributed by atoms with Crippen LogP contribution in [0.25, 0.3) is 0 Å². The van der Waals surface area contributed by atoms with Crippen molar-refractivity contribution in [3.63, 3.8) is 0 Å². The molecule has 20 heavy (non-hydrogen) atoms. The van der Waals surface area contributed by atoms with Crippen LogP contribution in [0.4, 0.5) is 17.6 Å². The molecule has 0 saturated carbocycles. The van der Waals surface area contributed by atoms with E-state index >= 15 is 0 Å². The molecule has 0 fully saturated rings. The first kappa shape index (κ1) is 14.8. The predicted octanol–water partition coefficient (Wildman–Crippen LogP) is 4.76. The third kappa shape index (κ3) is 3.28. The summed E-state index contributed by atoms with van der Waals surface area (Å²) in [7, 11) is 0. The minimum Gasteiger partial charge on any atom is -0.265 e. The number of aromatic nitrogens is 1. The minimum atomic E-state index is -4.73. The van der Waals surface area contributed by atoms with Crippen molar-refractivity contribution in [2.75, 3.05) is 0 Å². The number of rotatable bonds is 3. The Labute approximate surface area is 118 Å². The first-order valence-electron chi connectivity index (χ1n) is 5.78. The van der Waals surface area contributed by atoms with Gasteiger partial charge in [-0.1, -0.05) is 12.1 Å². The lowest BCUT2D eigenvalue weighted by Crippen LogP contribution is -2.11. The van der Waals surface area contributed by atoms with Crippen molar-refractivity contribution in [2.24, 2.45) is 0 Å². The van der Waals surface area contributed by atoms with Crippen LogP contribution in [0.1, 0.15) is 22.1 Å². The summed E-state index contributed by atoms with van der Waals surface area (Å²) in [5.74, 6) is -1.31. The maximum Gasteiger partial charge on any atom is 0.419 e. The van der Waals surface area contributed by atoms with Gasteiger partial charge in [-0.15, -0.1) is 11.6 Å². The van der Waals surface area contributed by atoms with Crippen molar-refractivity contribution in [3.05, 3.63) is 65.2 Å². The number of halogens is 5. The lowest BCUT2D eigenvalue weighted by atomic mass is 10.0. The van der Waals surface area contributed by atoms with Gasteiger partial charge in [0, 0.05) is 18.0 Å². The molecule has 0 radical (unpaired) electrons. The third-order valence-corrected chi connectivity index (χ3v) is 3.23. The zero-order valence-electron chi connectivity index (χ0n) is 10.2. The summed E-state index contributed by atoms with van der Waals surface area (Å²) in [6.07, 6.45) is -1.42. The summed E-state index contributed by atoms with van der Waals surface area (Å²) in [4.78, 5) is 3.82. The molecule has 1 aromatic heterocycles. The van der Waals surface area contributed by atoms with Gasteiger partial charge < -0.3 is 0 Å². The van der Waals surface area contributed by atoms with E-state index < -0.39 is 22.9 Å². The zero-order valence-corrected chi connectivity index (χ0v) is 10.9. The van der Waals surface area contributed by atoms with Gasteiger partial charge in [0.15, 0.2) is 0 Å². The van der Waals surface area contributed by atoms with Crippen molar-refractivity contribution in [1.29, 1.82) is 0 Å². The van der Waals surface area contributed by atoms with Gasteiger partial charge in [0.05, 0.1) is 10.9 Å². The van der Waals surface area contributed by atoms with Gasteiger partial charge in [-0.2, -0.15) is 13.2 Å². The maximum absolute atomic E-state index is 13.9. The van der Waals surface area contributed by atoms with Crippen molar-refractivity contribution in [1.82, 2.24) is 4.98 Å². The smallest absolute Gasteiger partial charge is 0.265 e.